The summed E-state index contributed by atoms with van der Waals surface area (Å²) in [6, 6.07) is 0.886. The van der Waals surface area contributed by atoms with E-state index in [9.17, 15) is 0 Å². The Bertz CT molecular complexity index is 449. The van der Waals surface area contributed by atoms with E-state index in [1.807, 2.05) is 7.05 Å². The van der Waals surface area contributed by atoms with Gasteiger partial charge in [-0.3, -0.25) is 9.89 Å². The molecule has 4 aliphatic rings. The van der Waals surface area contributed by atoms with E-state index in [1.54, 1.807) is 0 Å². The van der Waals surface area contributed by atoms with Crippen LogP contribution in [-0.4, -0.2) is 74.8 Å². The molecule has 3 atom stereocenters. The second-order valence-corrected chi connectivity index (χ2v) is 8.26. The van der Waals surface area contributed by atoms with Crippen molar-refractivity contribution in [3.63, 3.8) is 0 Å². The molecule has 4 fully saturated rings. The van der Waals surface area contributed by atoms with Gasteiger partial charge in [0.15, 0.2) is 5.96 Å². The maximum atomic E-state index is 5.71. The monoisotopic (exact) mass is 462 g/mol. The molecule has 5 nitrogen and oxygen atoms in total. The van der Waals surface area contributed by atoms with Crippen molar-refractivity contribution in [3.05, 3.63) is 0 Å². The van der Waals surface area contributed by atoms with Gasteiger partial charge in [0.2, 0.25) is 0 Å². The molecule has 4 rings (SSSR count). The van der Waals surface area contributed by atoms with Crippen LogP contribution < -0.4 is 5.32 Å². The third kappa shape index (κ3) is 5.01. The summed E-state index contributed by atoms with van der Waals surface area (Å²) in [4.78, 5) is 9.67. The van der Waals surface area contributed by atoms with Gasteiger partial charge in [-0.05, 0) is 49.9 Å². The minimum atomic E-state index is 0. The van der Waals surface area contributed by atoms with Crippen molar-refractivity contribution in [2.75, 3.05) is 53.0 Å². The first-order valence-corrected chi connectivity index (χ1v) is 10.1. The fourth-order valence-electron chi connectivity index (χ4n) is 5.03. The van der Waals surface area contributed by atoms with Crippen LogP contribution >= 0.6 is 24.0 Å². The molecule has 1 saturated heterocycles. The summed E-state index contributed by atoms with van der Waals surface area (Å²) in [7, 11) is 1.90. The van der Waals surface area contributed by atoms with Crippen molar-refractivity contribution < 1.29 is 4.74 Å². The molecule has 0 amide bonds. The second-order valence-electron chi connectivity index (χ2n) is 8.26. The summed E-state index contributed by atoms with van der Waals surface area (Å²) in [6.07, 6.45) is 8.69. The second kappa shape index (κ2) is 9.22. The molecule has 0 aromatic heterocycles. The molecule has 25 heavy (non-hydrogen) atoms. The Kier molecular flexibility index (Phi) is 7.26. The molecule has 3 unspecified atom stereocenters. The third-order valence-electron chi connectivity index (χ3n) is 6.58. The van der Waals surface area contributed by atoms with Crippen molar-refractivity contribution in [1.82, 2.24) is 15.1 Å². The molecule has 0 radical (unpaired) electrons. The van der Waals surface area contributed by atoms with E-state index in [1.165, 1.54) is 51.6 Å². The molecule has 3 aliphatic carbocycles. The maximum Gasteiger partial charge on any atom is 0.193 e. The highest BCUT2D eigenvalue weighted by Crippen LogP contribution is 2.46. The van der Waals surface area contributed by atoms with Gasteiger partial charge in [-0.1, -0.05) is 6.42 Å². The highest BCUT2D eigenvalue weighted by molar-refractivity contribution is 14.0. The van der Waals surface area contributed by atoms with E-state index < -0.39 is 0 Å². The fourth-order valence-corrected chi connectivity index (χ4v) is 5.03. The Morgan fingerprint density at radius 1 is 1.08 bits per heavy atom. The van der Waals surface area contributed by atoms with Crippen LogP contribution in [0.15, 0.2) is 4.99 Å². The number of nitrogens with zero attached hydrogens (tertiary/aromatic N) is 3. The number of halogens is 1. The largest absolute Gasteiger partial charge is 0.379 e. The number of hydrogen-bond acceptors (Lipinski definition) is 3. The highest BCUT2D eigenvalue weighted by atomic mass is 127. The van der Waals surface area contributed by atoms with Gasteiger partial charge in [0.25, 0.3) is 0 Å². The molecule has 144 valence electrons. The summed E-state index contributed by atoms with van der Waals surface area (Å²) in [6.45, 7) is 7.22. The number of rotatable bonds is 6. The minimum Gasteiger partial charge on any atom is -0.379 e. The topological polar surface area (TPSA) is 40.1 Å². The van der Waals surface area contributed by atoms with Crippen LogP contribution in [0.5, 0.6) is 0 Å². The van der Waals surface area contributed by atoms with Crippen LogP contribution in [-0.2, 0) is 4.74 Å². The molecule has 1 heterocycles. The molecule has 0 aromatic carbocycles. The first kappa shape index (κ1) is 19.7. The highest BCUT2D eigenvalue weighted by Gasteiger charge is 2.42. The normalized spacial score (nSPS) is 32.8. The maximum absolute atomic E-state index is 5.71. The van der Waals surface area contributed by atoms with Crippen LogP contribution in [0.3, 0.4) is 0 Å². The Morgan fingerprint density at radius 3 is 2.48 bits per heavy atom. The zero-order valence-corrected chi connectivity index (χ0v) is 18.0. The standard InChI is InChI=1S/C19H34N4O.HI/c1-20-19(21-6-11-24-14-15-2-3-15)23-9-7-22(8-10-23)18-13-16-4-5-17(18)12-16;/h15-18H,2-14H2,1H3,(H,20,21);1H. The van der Waals surface area contributed by atoms with E-state index in [0.29, 0.717) is 0 Å². The third-order valence-corrected chi connectivity index (χ3v) is 6.58. The van der Waals surface area contributed by atoms with Crippen LogP contribution in [0.2, 0.25) is 0 Å². The Balaban J connectivity index is 0.00000182. The van der Waals surface area contributed by atoms with Crippen LogP contribution in [0.1, 0.15) is 38.5 Å². The van der Waals surface area contributed by atoms with Crippen molar-refractivity contribution >= 4 is 29.9 Å². The Labute approximate surface area is 170 Å². The summed E-state index contributed by atoms with van der Waals surface area (Å²) in [5.41, 5.74) is 0. The average molecular weight is 462 g/mol. The lowest BCUT2D eigenvalue weighted by Gasteiger charge is -2.41. The molecular formula is C19H35IN4O. The SMILES string of the molecule is CN=C(NCCOCC1CC1)N1CCN(C2CC3CCC2C3)CC1.I. The number of aliphatic imine (C=N–C) groups is 1. The lowest BCUT2D eigenvalue weighted by atomic mass is 9.93. The van der Waals surface area contributed by atoms with Crippen molar-refractivity contribution in [1.29, 1.82) is 0 Å². The summed E-state index contributed by atoms with van der Waals surface area (Å²) in [5, 5.41) is 3.48. The predicted molar refractivity (Wildman–Crippen MR) is 113 cm³/mol. The van der Waals surface area contributed by atoms with Crippen molar-refractivity contribution in [2.45, 2.75) is 44.6 Å². The van der Waals surface area contributed by atoms with Gasteiger partial charge in [-0.15, -0.1) is 24.0 Å². The van der Waals surface area contributed by atoms with Gasteiger partial charge in [0, 0.05) is 52.4 Å². The Hall–Kier alpha value is -0.0800. The van der Waals surface area contributed by atoms with E-state index in [-0.39, 0.29) is 24.0 Å². The van der Waals surface area contributed by atoms with E-state index in [2.05, 4.69) is 20.1 Å². The average Bonchev–Trinajstić information content (AvgIpc) is 3.20. The molecular weight excluding hydrogens is 427 g/mol. The quantitative estimate of drug-likeness (QED) is 0.285. The number of fused-ring (bicyclic) bond motifs is 2. The van der Waals surface area contributed by atoms with Crippen LogP contribution in [0, 0.1) is 17.8 Å². The van der Waals surface area contributed by atoms with Gasteiger partial charge >= 0.3 is 0 Å². The first-order valence-electron chi connectivity index (χ1n) is 10.1. The number of piperazine rings is 1. The Morgan fingerprint density at radius 2 is 1.88 bits per heavy atom. The van der Waals surface area contributed by atoms with Crippen LogP contribution in [0.25, 0.3) is 0 Å². The number of ether oxygens (including phenoxy) is 1. The predicted octanol–water partition coefficient (Wildman–Crippen LogP) is 2.41. The summed E-state index contributed by atoms with van der Waals surface area (Å²) in [5.74, 6) is 3.95. The fraction of sp³-hybridized carbons (Fsp3) is 0.947. The van der Waals surface area contributed by atoms with E-state index >= 15 is 0 Å². The van der Waals surface area contributed by atoms with Crippen molar-refractivity contribution in [2.24, 2.45) is 22.7 Å². The number of guanidine groups is 1. The molecule has 1 N–H and O–H groups in total. The van der Waals surface area contributed by atoms with Gasteiger partial charge in [-0.25, -0.2) is 0 Å². The van der Waals surface area contributed by atoms with E-state index in [4.69, 9.17) is 4.74 Å². The van der Waals surface area contributed by atoms with Gasteiger partial charge in [-0.2, -0.15) is 0 Å². The zero-order chi connectivity index (χ0) is 16.4. The molecule has 1 aliphatic heterocycles. The number of hydrogen-bond donors (Lipinski definition) is 1. The summed E-state index contributed by atoms with van der Waals surface area (Å²) >= 11 is 0. The lowest BCUT2D eigenvalue weighted by molar-refractivity contribution is 0.0949. The summed E-state index contributed by atoms with van der Waals surface area (Å²) < 4.78 is 5.71. The zero-order valence-electron chi connectivity index (χ0n) is 15.7. The van der Waals surface area contributed by atoms with Gasteiger partial charge in [0.1, 0.15) is 0 Å². The molecule has 0 aromatic rings. The molecule has 0 spiro atoms. The van der Waals surface area contributed by atoms with Crippen molar-refractivity contribution in [3.8, 4) is 0 Å². The molecule has 6 heteroatoms. The van der Waals surface area contributed by atoms with Gasteiger partial charge in [0.05, 0.1) is 6.61 Å². The van der Waals surface area contributed by atoms with E-state index in [0.717, 1.165) is 62.6 Å². The first-order chi connectivity index (χ1) is 11.8. The minimum absolute atomic E-state index is 0. The molecule has 2 bridgehead atoms. The molecule has 3 saturated carbocycles. The number of nitrogens with one attached hydrogen (secondary N) is 1. The van der Waals surface area contributed by atoms with Gasteiger partial charge < -0.3 is 15.0 Å². The lowest BCUT2D eigenvalue weighted by Crippen LogP contribution is -2.55. The smallest absolute Gasteiger partial charge is 0.193 e. The van der Waals surface area contributed by atoms with Crippen LogP contribution in [0.4, 0.5) is 0 Å².